The zero-order chi connectivity index (χ0) is 20.3. The summed E-state index contributed by atoms with van der Waals surface area (Å²) in [7, 11) is 0. The highest BCUT2D eigenvalue weighted by molar-refractivity contribution is 5.86. The summed E-state index contributed by atoms with van der Waals surface area (Å²) >= 11 is 0. The van der Waals surface area contributed by atoms with E-state index in [4.69, 9.17) is 9.15 Å². The average Bonchev–Trinajstić information content (AvgIpc) is 2.88. The minimum Gasteiger partial charge on any atom is -0.480 e. The molecule has 2 aromatic rings. The lowest BCUT2D eigenvalue weighted by Crippen LogP contribution is -2.42. The van der Waals surface area contributed by atoms with Crippen molar-refractivity contribution in [3.05, 3.63) is 39.7 Å². The number of nitrogens with zero attached hydrogens (tertiary/aromatic N) is 1. The van der Waals surface area contributed by atoms with Gasteiger partial charge in [0.1, 0.15) is 11.3 Å². The van der Waals surface area contributed by atoms with Crippen LogP contribution in [0.3, 0.4) is 0 Å². The van der Waals surface area contributed by atoms with Crippen LogP contribution in [0.1, 0.15) is 37.8 Å². The molecule has 0 radical (unpaired) electrons. The number of ether oxygens (including phenoxy) is 1. The van der Waals surface area contributed by atoms with Gasteiger partial charge in [-0.05, 0) is 38.0 Å². The van der Waals surface area contributed by atoms with Crippen molar-refractivity contribution in [3.63, 3.8) is 0 Å². The predicted molar refractivity (Wildman–Crippen MR) is 106 cm³/mol. The van der Waals surface area contributed by atoms with Crippen LogP contribution in [-0.4, -0.2) is 42.5 Å². The van der Waals surface area contributed by atoms with Gasteiger partial charge in [0.05, 0.1) is 0 Å². The number of amides is 2. The van der Waals surface area contributed by atoms with E-state index in [-0.39, 0.29) is 17.4 Å². The molecule has 1 N–H and O–H groups in total. The number of aryl methyl sites for hydroxylation is 2. The molecule has 150 valence electrons. The first-order valence-corrected chi connectivity index (χ1v) is 9.69. The summed E-state index contributed by atoms with van der Waals surface area (Å²) in [6.45, 7) is 6.86. The molecule has 28 heavy (non-hydrogen) atoms. The molecule has 0 spiro atoms. The second-order valence-corrected chi connectivity index (χ2v) is 7.09. The Morgan fingerprint density at radius 1 is 1.32 bits per heavy atom. The lowest BCUT2D eigenvalue weighted by molar-refractivity contribution is -0.137. The molecule has 1 unspecified atom stereocenters. The Morgan fingerprint density at radius 3 is 2.86 bits per heavy atom. The van der Waals surface area contributed by atoms with E-state index in [1.165, 1.54) is 6.07 Å². The van der Waals surface area contributed by atoms with Crippen LogP contribution in [0.5, 0.6) is 5.75 Å². The molecule has 1 aromatic carbocycles. The zero-order valence-electron chi connectivity index (χ0n) is 16.5. The van der Waals surface area contributed by atoms with Crippen LogP contribution in [0.25, 0.3) is 11.0 Å². The van der Waals surface area contributed by atoms with Crippen molar-refractivity contribution < 1.29 is 18.7 Å². The summed E-state index contributed by atoms with van der Waals surface area (Å²) in [6, 6.07) is 5.22. The van der Waals surface area contributed by atoms with Gasteiger partial charge in [-0.1, -0.05) is 13.3 Å². The minimum atomic E-state index is -0.713. The van der Waals surface area contributed by atoms with Gasteiger partial charge in [-0.15, -0.1) is 0 Å². The molecule has 1 aliphatic heterocycles. The number of carbonyl (C=O) groups excluding carboxylic acids is 2. The largest absolute Gasteiger partial charge is 0.480 e. The molecule has 2 heterocycles. The number of carbonyl (C=O) groups is 2. The van der Waals surface area contributed by atoms with Crippen LogP contribution in [0.15, 0.2) is 27.4 Å². The van der Waals surface area contributed by atoms with Gasteiger partial charge < -0.3 is 19.4 Å². The second kappa shape index (κ2) is 8.46. The third kappa shape index (κ3) is 4.18. The summed E-state index contributed by atoms with van der Waals surface area (Å²) in [5.74, 6) is 0.290. The Balaban J connectivity index is 1.83. The van der Waals surface area contributed by atoms with E-state index in [9.17, 15) is 14.4 Å². The van der Waals surface area contributed by atoms with Crippen molar-refractivity contribution in [2.45, 2.75) is 46.1 Å². The highest BCUT2D eigenvalue weighted by Gasteiger charge is 2.25. The van der Waals surface area contributed by atoms with Crippen LogP contribution in [0.2, 0.25) is 0 Å². The Labute approximate surface area is 163 Å². The first-order chi connectivity index (χ1) is 13.4. The van der Waals surface area contributed by atoms with Gasteiger partial charge >= 0.3 is 5.63 Å². The third-order valence-corrected chi connectivity index (χ3v) is 4.99. The fourth-order valence-corrected chi connectivity index (χ4v) is 3.50. The van der Waals surface area contributed by atoms with Gasteiger partial charge in [-0.3, -0.25) is 9.59 Å². The van der Waals surface area contributed by atoms with Gasteiger partial charge in [0.25, 0.3) is 5.91 Å². The van der Waals surface area contributed by atoms with E-state index in [0.717, 1.165) is 23.8 Å². The quantitative estimate of drug-likeness (QED) is 0.796. The Hall–Kier alpha value is -2.83. The minimum absolute atomic E-state index is 0.0489. The summed E-state index contributed by atoms with van der Waals surface area (Å²) in [4.78, 5) is 37.8. The van der Waals surface area contributed by atoms with Crippen molar-refractivity contribution in [1.29, 1.82) is 0 Å². The summed E-state index contributed by atoms with van der Waals surface area (Å²) < 4.78 is 11.3. The van der Waals surface area contributed by atoms with E-state index in [1.54, 1.807) is 11.8 Å². The lowest BCUT2D eigenvalue weighted by atomic mass is 10.0. The highest BCUT2D eigenvalue weighted by atomic mass is 16.5. The Bertz CT molecular complexity index is 950. The van der Waals surface area contributed by atoms with Crippen molar-refractivity contribution in [2.24, 2.45) is 0 Å². The third-order valence-electron chi connectivity index (χ3n) is 4.99. The molecule has 7 heteroatoms. The first-order valence-electron chi connectivity index (χ1n) is 9.69. The normalized spacial score (nSPS) is 15.8. The maximum atomic E-state index is 12.7. The van der Waals surface area contributed by atoms with Gasteiger partial charge in [-0.25, -0.2) is 4.79 Å². The molecule has 1 aliphatic rings. The van der Waals surface area contributed by atoms with Crippen molar-refractivity contribution in [3.8, 4) is 5.75 Å². The standard InChI is InChI=1S/C21H26N2O5/c1-4-5-15-12-19(25)28-20-13(2)17(7-6-16(15)20)27-14(3)21(26)23-10-8-18(24)22-9-11-23/h6-7,12,14H,4-5,8-11H2,1-3H3,(H,22,24). The molecule has 3 rings (SSSR count). The fourth-order valence-electron chi connectivity index (χ4n) is 3.50. The molecule has 2 amide bonds. The monoisotopic (exact) mass is 386 g/mol. The smallest absolute Gasteiger partial charge is 0.336 e. The molecular formula is C21H26N2O5. The van der Waals surface area contributed by atoms with E-state index in [1.807, 2.05) is 19.1 Å². The summed E-state index contributed by atoms with van der Waals surface area (Å²) in [6.07, 6.45) is 1.29. The van der Waals surface area contributed by atoms with Crippen molar-refractivity contribution >= 4 is 22.8 Å². The number of hydrogen-bond acceptors (Lipinski definition) is 5. The molecular weight excluding hydrogens is 360 g/mol. The number of fused-ring (bicyclic) bond motifs is 1. The average molecular weight is 386 g/mol. The van der Waals surface area contributed by atoms with Crippen molar-refractivity contribution in [1.82, 2.24) is 10.2 Å². The first kappa shape index (κ1) is 19.9. The summed E-state index contributed by atoms with van der Waals surface area (Å²) in [5, 5.41) is 3.64. The summed E-state index contributed by atoms with van der Waals surface area (Å²) in [5.41, 5.74) is 1.76. The van der Waals surface area contributed by atoms with E-state index in [0.29, 0.717) is 43.0 Å². The zero-order valence-corrected chi connectivity index (χ0v) is 16.5. The molecule has 0 bridgehead atoms. The molecule has 0 aliphatic carbocycles. The Kier molecular flexibility index (Phi) is 6.02. The Morgan fingerprint density at radius 2 is 2.11 bits per heavy atom. The van der Waals surface area contributed by atoms with Crippen LogP contribution >= 0.6 is 0 Å². The number of nitrogens with one attached hydrogen (secondary N) is 1. The molecule has 0 saturated carbocycles. The van der Waals surface area contributed by atoms with Crippen LogP contribution in [0.4, 0.5) is 0 Å². The van der Waals surface area contributed by atoms with E-state index >= 15 is 0 Å². The van der Waals surface area contributed by atoms with E-state index in [2.05, 4.69) is 12.2 Å². The lowest BCUT2D eigenvalue weighted by Gasteiger charge is -2.24. The van der Waals surface area contributed by atoms with Crippen molar-refractivity contribution in [2.75, 3.05) is 19.6 Å². The predicted octanol–water partition coefficient (Wildman–Crippen LogP) is 2.17. The molecule has 1 aromatic heterocycles. The molecule has 7 nitrogen and oxygen atoms in total. The fraction of sp³-hybridized carbons (Fsp3) is 0.476. The topological polar surface area (TPSA) is 88.8 Å². The van der Waals surface area contributed by atoms with Crippen LogP contribution in [0, 0.1) is 6.92 Å². The molecule has 1 saturated heterocycles. The number of hydrogen-bond donors (Lipinski definition) is 1. The van der Waals surface area contributed by atoms with Gasteiger partial charge in [0.15, 0.2) is 6.10 Å². The second-order valence-electron chi connectivity index (χ2n) is 7.09. The maximum absolute atomic E-state index is 12.7. The van der Waals surface area contributed by atoms with Crippen LogP contribution in [-0.2, 0) is 16.0 Å². The van der Waals surface area contributed by atoms with Gasteiger partial charge in [0.2, 0.25) is 5.91 Å². The maximum Gasteiger partial charge on any atom is 0.336 e. The molecule has 1 fully saturated rings. The van der Waals surface area contributed by atoms with Crippen LogP contribution < -0.4 is 15.7 Å². The van der Waals surface area contributed by atoms with Gasteiger partial charge in [0, 0.05) is 43.1 Å². The molecule has 1 atom stereocenters. The van der Waals surface area contributed by atoms with Gasteiger partial charge in [-0.2, -0.15) is 0 Å². The number of rotatable bonds is 5. The SMILES string of the molecule is CCCc1cc(=O)oc2c(C)c(OC(C)C(=O)N3CCNC(=O)CC3)ccc12. The highest BCUT2D eigenvalue weighted by Crippen LogP contribution is 2.29. The van der Waals surface area contributed by atoms with E-state index < -0.39 is 6.10 Å². The number of benzene rings is 1.